The van der Waals surface area contributed by atoms with Gasteiger partial charge in [-0.2, -0.15) is 15.0 Å². The second-order valence-electron chi connectivity index (χ2n) is 3.68. The van der Waals surface area contributed by atoms with E-state index in [1.165, 1.54) is 0 Å². The Labute approximate surface area is 84.4 Å². The topological polar surface area (TPSA) is 62.7 Å². The normalized spacial score (nSPS) is 10.7. The van der Waals surface area contributed by atoms with Gasteiger partial charge in [0.1, 0.15) is 0 Å². The van der Waals surface area contributed by atoms with Crippen LogP contribution in [0.15, 0.2) is 0 Å². The van der Waals surface area contributed by atoms with Gasteiger partial charge in [-0.15, -0.1) is 0 Å². The van der Waals surface area contributed by atoms with E-state index < -0.39 is 0 Å². The van der Waals surface area contributed by atoms with Gasteiger partial charge in [-0.3, -0.25) is 0 Å². The molecule has 0 saturated heterocycles. The lowest BCUT2D eigenvalue weighted by molar-refractivity contribution is 0.842. The largest absolute Gasteiger partial charge is 0.352 e. The van der Waals surface area contributed by atoms with E-state index in [9.17, 15) is 0 Å². The SMILES string of the molecule is CC(C)Nc1n[c]nc(NC(C)C)n1. The quantitative estimate of drug-likeness (QED) is 0.756. The average molecular weight is 194 g/mol. The lowest BCUT2D eigenvalue weighted by atomic mass is 10.4. The highest BCUT2D eigenvalue weighted by molar-refractivity contribution is 5.33. The number of nitrogens with one attached hydrogen (secondary N) is 2. The van der Waals surface area contributed by atoms with Gasteiger partial charge >= 0.3 is 0 Å². The summed E-state index contributed by atoms with van der Waals surface area (Å²) in [5, 5.41) is 6.17. The molecule has 0 saturated carbocycles. The number of hydrogen-bond acceptors (Lipinski definition) is 5. The van der Waals surface area contributed by atoms with Crippen LogP contribution in [0.3, 0.4) is 0 Å². The van der Waals surface area contributed by atoms with Crippen LogP contribution in [0.2, 0.25) is 0 Å². The van der Waals surface area contributed by atoms with Crippen molar-refractivity contribution in [2.75, 3.05) is 10.6 Å². The third-order valence-electron chi connectivity index (χ3n) is 1.36. The Bertz CT molecular complexity index is 259. The van der Waals surface area contributed by atoms with Crippen molar-refractivity contribution in [1.82, 2.24) is 15.0 Å². The molecule has 0 amide bonds. The van der Waals surface area contributed by atoms with Gasteiger partial charge in [-0.25, -0.2) is 0 Å². The van der Waals surface area contributed by atoms with E-state index in [1.807, 2.05) is 27.7 Å². The van der Waals surface area contributed by atoms with Gasteiger partial charge in [-0.05, 0) is 27.7 Å². The number of aromatic nitrogens is 3. The van der Waals surface area contributed by atoms with Crippen molar-refractivity contribution >= 4 is 11.9 Å². The molecule has 5 nitrogen and oxygen atoms in total. The first-order valence-corrected chi connectivity index (χ1v) is 4.73. The molecule has 1 aromatic heterocycles. The zero-order chi connectivity index (χ0) is 10.6. The minimum Gasteiger partial charge on any atom is -0.352 e. The first kappa shape index (κ1) is 10.7. The summed E-state index contributed by atoms with van der Waals surface area (Å²) < 4.78 is 0. The van der Waals surface area contributed by atoms with Crippen molar-refractivity contribution in [3.8, 4) is 0 Å². The molecule has 77 valence electrons. The molecule has 14 heavy (non-hydrogen) atoms. The van der Waals surface area contributed by atoms with Crippen LogP contribution in [-0.4, -0.2) is 27.0 Å². The monoisotopic (exact) mass is 194 g/mol. The third kappa shape index (κ3) is 3.55. The molecule has 0 spiro atoms. The lowest BCUT2D eigenvalue weighted by Crippen LogP contribution is -2.16. The molecular weight excluding hydrogens is 178 g/mol. The van der Waals surface area contributed by atoms with Gasteiger partial charge in [0.05, 0.1) is 0 Å². The first-order valence-electron chi connectivity index (χ1n) is 4.73. The van der Waals surface area contributed by atoms with Crippen LogP contribution >= 0.6 is 0 Å². The van der Waals surface area contributed by atoms with Crippen molar-refractivity contribution in [3.63, 3.8) is 0 Å². The summed E-state index contributed by atoms with van der Waals surface area (Å²) in [6.45, 7) is 8.11. The number of nitrogens with zero attached hydrogens (tertiary/aromatic N) is 3. The average Bonchev–Trinajstić information content (AvgIpc) is 2.01. The Kier molecular flexibility index (Phi) is 3.62. The van der Waals surface area contributed by atoms with E-state index in [2.05, 4.69) is 31.9 Å². The molecule has 0 aromatic carbocycles. The van der Waals surface area contributed by atoms with E-state index in [-0.39, 0.29) is 0 Å². The van der Waals surface area contributed by atoms with E-state index in [0.717, 1.165) is 0 Å². The number of anilines is 2. The van der Waals surface area contributed by atoms with Crippen LogP contribution in [0, 0.1) is 6.33 Å². The summed E-state index contributed by atoms with van der Waals surface area (Å²) in [5.74, 6) is 1.11. The highest BCUT2D eigenvalue weighted by Crippen LogP contribution is 2.03. The Morgan fingerprint density at radius 2 is 1.36 bits per heavy atom. The molecule has 0 unspecified atom stereocenters. The zero-order valence-electron chi connectivity index (χ0n) is 9.00. The molecule has 0 aliphatic carbocycles. The van der Waals surface area contributed by atoms with Gasteiger partial charge < -0.3 is 10.6 Å². The summed E-state index contributed by atoms with van der Waals surface area (Å²) in [6.07, 6.45) is 2.55. The predicted molar refractivity (Wildman–Crippen MR) is 56.2 cm³/mol. The first-order chi connectivity index (χ1) is 6.58. The highest BCUT2D eigenvalue weighted by atomic mass is 15.2. The maximum atomic E-state index is 4.18. The summed E-state index contributed by atoms with van der Waals surface area (Å²) in [4.78, 5) is 12.0. The fourth-order valence-electron chi connectivity index (χ4n) is 0.916. The molecule has 0 aliphatic rings. The number of rotatable bonds is 4. The Morgan fingerprint density at radius 1 is 0.929 bits per heavy atom. The lowest BCUT2D eigenvalue weighted by Gasteiger charge is -2.10. The Hall–Kier alpha value is -1.39. The molecule has 1 rings (SSSR count). The van der Waals surface area contributed by atoms with Gasteiger partial charge in [0.25, 0.3) is 0 Å². The molecule has 1 aromatic rings. The minimum absolute atomic E-state index is 0.303. The third-order valence-corrected chi connectivity index (χ3v) is 1.36. The standard InChI is InChI=1S/C9H16N5/c1-6(2)12-8-10-5-11-9(14-8)13-7(3)4/h6-7H,1-4H3,(H2,10,11,12,13,14). The van der Waals surface area contributed by atoms with Crippen LogP contribution in [0.4, 0.5) is 11.9 Å². The Balaban J connectivity index is 2.68. The van der Waals surface area contributed by atoms with Crippen molar-refractivity contribution in [2.45, 2.75) is 39.8 Å². The summed E-state index contributed by atoms with van der Waals surface area (Å²) >= 11 is 0. The van der Waals surface area contributed by atoms with E-state index in [1.54, 1.807) is 0 Å². The maximum absolute atomic E-state index is 4.18. The Morgan fingerprint density at radius 3 is 1.71 bits per heavy atom. The van der Waals surface area contributed by atoms with E-state index >= 15 is 0 Å². The van der Waals surface area contributed by atoms with E-state index in [0.29, 0.717) is 24.0 Å². The minimum atomic E-state index is 0.303. The predicted octanol–water partition coefficient (Wildman–Crippen LogP) is 1.31. The van der Waals surface area contributed by atoms with Crippen molar-refractivity contribution < 1.29 is 0 Å². The molecular formula is C9H16N5. The second kappa shape index (κ2) is 4.74. The molecule has 2 N–H and O–H groups in total. The van der Waals surface area contributed by atoms with Gasteiger partial charge in [0.2, 0.25) is 18.2 Å². The van der Waals surface area contributed by atoms with Crippen LogP contribution in [0.1, 0.15) is 27.7 Å². The van der Waals surface area contributed by atoms with Crippen LogP contribution in [-0.2, 0) is 0 Å². The molecule has 0 bridgehead atoms. The highest BCUT2D eigenvalue weighted by Gasteiger charge is 2.02. The van der Waals surface area contributed by atoms with Gasteiger partial charge in [0, 0.05) is 12.1 Å². The zero-order valence-corrected chi connectivity index (χ0v) is 9.00. The van der Waals surface area contributed by atoms with E-state index in [4.69, 9.17) is 0 Å². The summed E-state index contributed by atoms with van der Waals surface area (Å²) in [5.41, 5.74) is 0. The molecule has 0 aliphatic heterocycles. The van der Waals surface area contributed by atoms with Crippen LogP contribution in [0.25, 0.3) is 0 Å². The van der Waals surface area contributed by atoms with Crippen molar-refractivity contribution in [2.24, 2.45) is 0 Å². The maximum Gasteiger partial charge on any atom is 0.228 e. The van der Waals surface area contributed by atoms with Crippen LogP contribution in [0.5, 0.6) is 0 Å². The van der Waals surface area contributed by atoms with Crippen molar-refractivity contribution in [3.05, 3.63) is 6.33 Å². The van der Waals surface area contributed by atoms with Gasteiger partial charge in [0.15, 0.2) is 0 Å². The van der Waals surface area contributed by atoms with Crippen LogP contribution < -0.4 is 10.6 Å². The smallest absolute Gasteiger partial charge is 0.228 e. The molecule has 1 heterocycles. The fraction of sp³-hybridized carbons (Fsp3) is 0.667. The molecule has 0 atom stereocenters. The van der Waals surface area contributed by atoms with Gasteiger partial charge in [-0.1, -0.05) is 0 Å². The molecule has 1 radical (unpaired) electrons. The summed E-state index contributed by atoms with van der Waals surface area (Å²) in [7, 11) is 0. The van der Waals surface area contributed by atoms with Crippen molar-refractivity contribution in [1.29, 1.82) is 0 Å². The fourth-order valence-corrected chi connectivity index (χ4v) is 0.916. The number of hydrogen-bond donors (Lipinski definition) is 2. The molecule has 5 heteroatoms. The summed E-state index contributed by atoms with van der Waals surface area (Å²) in [6, 6.07) is 0.607. The second-order valence-corrected chi connectivity index (χ2v) is 3.68. The molecule has 0 fully saturated rings.